The van der Waals surface area contributed by atoms with Crippen molar-refractivity contribution < 1.29 is 4.74 Å². The minimum Gasteiger partial charge on any atom is -0.457 e. The van der Waals surface area contributed by atoms with Crippen molar-refractivity contribution in [3.8, 4) is 22.7 Å². The molecule has 23 heavy (non-hydrogen) atoms. The highest BCUT2D eigenvalue weighted by Crippen LogP contribution is 2.32. The van der Waals surface area contributed by atoms with Crippen LogP contribution in [-0.4, -0.2) is 23.8 Å². The predicted octanol–water partition coefficient (Wildman–Crippen LogP) is 5.03. The van der Waals surface area contributed by atoms with Crippen LogP contribution in [0.1, 0.15) is 5.69 Å². The van der Waals surface area contributed by atoms with Crippen LogP contribution in [0.3, 0.4) is 0 Å². The van der Waals surface area contributed by atoms with E-state index in [1.54, 1.807) is 0 Å². The monoisotopic (exact) mass is 321 g/mol. The van der Waals surface area contributed by atoms with Gasteiger partial charge < -0.3 is 4.74 Å². The Morgan fingerprint density at radius 3 is 2.39 bits per heavy atom. The van der Waals surface area contributed by atoms with Gasteiger partial charge in [0.25, 0.3) is 0 Å². The Kier molecular flexibility index (Phi) is 4.27. The highest BCUT2D eigenvalue weighted by atomic mass is 32.3. The number of aromatic nitrogens is 1. The third kappa shape index (κ3) is 4.06. The molecule has 0 unspecified atom stereocenters. The van der Waals surface area contributed by atoms with E-state index in [0.29, 0.717) is 0 Å². The minimum atomic E-state index is -0.850. The molecule has 0 fully saturated rings. The number of nitrogens with zero attached hydrogens (tertiary/aromatic N) is 1. The Bertz CT molecular complexity index is 886. The van der Waals surface area contributed by atoms with Crippen molar-refractivity contribution in [1.82, 2.24) is 4.98 Å². The number of para-hydroxylation sites is 1. The Hall–Kier alpha value is -2.44. The molecular weight excluding hydrogens is 302 g/mol. The van der Waals surface area contributed by atoms with Gasteiger partial charge in [-0.2, -0.15) is 10.0 Å². The molecule has 1 aromatic heterocycles. The molecule has 3 aromatic rings. The summed E-state index contributed by atoms with van der Waals surface area (Å²) in [6.07, 6.45) is 6.52. The Balaban J connectivity index is 1.97. The number of rotatable bonds is 2. The number of benzene rings is 2. The van der Waals surface area contributed by atoms with Gasteiger partial charge in [0, 0.05) is 5.39 Å². The first-order valence-corrected chi connectivity index (χ1v) is 10.2. The molecule has 0 saturated heterocycles. The molecule has 2 aromatic carbocycles. The molecule has 0 aliphatic rings. The molecular formula is C20H19NOS. The first-order chi connectivity index (χ1) is 11.0. The summed E-state index contributed by atoms with van der Waals surface area (Å²) in [7, 11) is -0.850. The number of hydrogen-bond acceptors (Lipinski definition) is 2. The van der Waals surface area contributed by atoms with E-state index < -0.39 is 10.0 Å². The Morgan fingerprint density at radius 2 is 1.65 bits per heavy atom. The summed E-state index contributed by atoms with van der Waals surface area (Å²) in [5.74, 6) is 4.81. The molecule has 0 spiro atoms. The maximum atomic E-state index is 5.97. The SMILES string of the molecule is CS(C)(C)C#Cc1ccc2c(Oc3ccccc3)cccc2n1. The summed E-state index contributed by atoms with van der Waals surface area (Å²) >= 11 is 0. The third-order valence-corrected chi connectivity index (χ3v) is 3.86. The van der Waals surface area contributed by atoms with Gasteiger partial charge in [-0.25, -0.2) is 4.98 Å². The van der Waals surface area contributed by atoms with E-state index >= 15 is 0 Å². The molecule has 3 rings (SSSR count). The van der Waals surface area contributed by atoms with E-state index in [4.69, 9.17) is 4.74 Å². The molecule has 116 valence electrons. The maximum absolute atomic E-state index is 5.97. The molecule has 0 radical (unpaired) electrons. The fraction of sp³-hybridized carbons (Fsp3) is 0.150. The lowest BCUT2D eigenvalue weighted by Crippen LogP contribution is -1.90. The highest BCUT2D eigenvalue weighted by Gasteiger charge is 2.05. The third-order valence-electron chi connectivity index (χ3n) is 3.15. The lowest BCUT2D eigenvalue weighted by molar-refractivity contribution is 0.488. The van der Waals surface area contributed by atoms with Crippen molar-refractivity contribution in [3.63, 3.8) is 0 Å². The van der Waals surface area contributed by atoms with Crippen LogP contribution in [0.5, 0.6) is 11.5 Å². The molecule has 0 amide bonds. The van der Waals surface area contributed by atoms with Crippen molar-refractivity contribution in [1.29, 1.82) is 0 Å². The van der Waals surface area contributed by atoms with Crippen LogP contribution >= 0.6 is 10.0 Å². The van der Waals surface area contributed by atoms with Crippen molar-refractivity contribution in [3.05, 3.63) is 66.4 Å². The quantitative estimate of drug-likeness (QED) is 0.618. The topological polar surface area (TPSA) is 22.1 Å². The average Bonchev–Trinajstić information content (AvgIpc) is 2.53. The molecule has 3 heteroatoms. The largest absolute Gasteiger partial charge is 0.457 e. The van der Waals surface area contributed by atoms with E-state index in [-0.39, 0.29) is 0 Å². The Labute approximate surface area is 138 Å². The van der Waals surface area contributed by atoms with Crippen LogP contribution in [0.25, 0.3) is 10.9 Å². The van der Waals surface area contributed by atoms with Gasteiger partial charge in [-0.15, -0.1) is 0 Å². The van der Waals surface area contributed by atoms with Crippen LogP contribution < -0.4 is 4.74 Å². The standard InChI is InChI=1S/C20H19NOS/c1-23(2,3)15-14-16-12-13-18-19(21-16)10-7-11-20(18)22-17-8-5-4-6-9-17/h4-13H,1-3H3. The molecule has 0 atom stereocenters. The Morgan fingerprint density at radius 1 is 0.870 bits per heavy atom. The smallest absolute Gasteiger partial charge is 0.136 e. The minimum absolute atomic E-state index is 0.803. The predicted molar refractivity (Wildman–Crippen MR) is 101 cm³/mol. The van der Waals surface area contributed by atoms with Gasteiger partial charge in [-0.1, -0.05) is 24.3 Å². The van der Waals surface area contributed by atoms with Crippen molar-refractivity contribution in [2.45, 2.75) is 0 Å². The van der Waals surface area contributed by atoms with Gasteiger partial charge in [-0.3, -0.25) is 0 Å². The van der Waals surface area contributed by atoms with E-state index in [1.165, 1.54) is 0 Å². The van der Waals surface area contributed by atoms with E-state index in [0.717, 1.165) is 28.1 Å². The zero-order chi connectivity index (χ0) is 16.3. The summed E-state index contributed by atoms with van der Waals surface area (Å²) in [5.41, 5.74) is 1.70. The fourth-order valence-corrected chi connectivity index (χ4v) is 2.52. The number of hydrogen-bond donors (Lipinski definition) is 0. The lowest BCUT2D eigenvalue weighted by Gasteiger charge is -2.14. The molecule has 0 bridgehead atoms. The maximum Gasteiger partial charge on any atom is 0.136 e. The van der Waals surface area contributed by atoms with Crippen molar-refractivity contribution in [2.24, 2.45) is 0 Å². The van der Waals surface area contributed by atoms with Gasteiger partial charge in [0.15, 0.2) is 0 Å². The second kappa shape index (κ2) is 6.36. The van der Waals surface area contributed by atoms with Crippen molar-refractivity contribution >= 4 is 20.9 Å². The molecule has 0 aliphatic heterocycles. The molecule has 0 aliphatic carbocycles. The lowest BCUT2D eigenvalue weighted by atomic mass is 10.2. The molecule has 1 heterocycles. The molecule has 0 N–H and O–H groups in total. The zero-order valence-corrected chi connectivity index (χ0v) is 14.4. The fourth-order valence-electron chi connectivity index (χ4n) is 2.11. The van der Waals surface area contributed by atoms with Crippen molar-refractivity contribution in [2.75, 3.05) is 18.8 Å². The first-order valence-electron chi connectivity index (χ1n) is 7.35. The second-order valence-corrected chi connectivity index (χ2v) is 9.88. The van der Waals surface area contributed by atoms with E-state index in [2.05, 4.69) is 34.9 Å². The normalized spacial score (nSPS) is 11.6. The second-order valence-electron chi connectivity index (χ2n) is 6.00. The average molecular weight is 321 g/mol. The van der Waals surface area contributed by atoms with Crippen LogP contribution in [0.15, 0.2) is 60.7 Å². The first kappa shape index (κ1) is 15.5. The summed E-state index contributed by atoms with van der Waals surface area (Å²) in [6, 6.07) is 19.7. The number of fused-ring (bicyclic) bond motifs is 1. The van der Waals surface area contributed by atoms with Gasteiger partial charge in [-0.05, 0) is 66.3 Å². The van der Waals surface area contributed by atoms with Gasteiger partial charge in [0.2, 0.25) is 0 Å². The highest BCUT2D eigenvalue weighted by molar-refractivity contribution is 8.35. The zero-order valence-electron chi connectivity index (χ0n) is 13.5. The van der Waals surface area contributed by atoms with Gasteiger partial charge in [0.1, 0.15) is 17.2 Å². The summed E-state index contributed by atoms with van der Waals surface area (Å²) in [5, 5.41) is 4.29. The summed E-state index contributed by atoms with van der Waals surface area (Å²) in [4.78, 5) is 4.64. The summed E-state index contributed by atoms with van der Waals surface area (Å²) in [6.45, 7) is 0. The number of pyridine rings is 1. The van der Waals surface area contributed by atoms with E-state index in [1.807, 2.05) is 60.7 Å². The van der Waals surface area contributed by atoms with Crippen LogP contribution in [0.4, 0.5) is 0 Å². The molecule has 0 saturated carbocycles. The number of ether oxygens (including phenoxy) is 1. The van der Waals surface area contributed by atoms with Crippen LogP contribution in [0, 0.1) is 11.2 Å². The van der Waals surface area contributed by atoms with Gasteiger partial charge in [0.05, 0.1) is 5.52 Å². The summed E-state index contributed by atoms with van der Waals surface area (Å²) < 4.78 is 5.97. The van der Waals surface area contributed by atoms with E-state index in [9.17, 15) is 0 Å². The van der Waals surface area contributed by atoms with Crippen LogP contribution in [0.2, 0.25) is 0 Å². The molecule has 2 nitrogen and oxygen atoms in total. The van der Waals surface area contributed by atoms with Crippen LogP contribution in [-0.2, 0) is 0 Å². The van der Waals surface area contributed by atoms with Gasteiger partial charge >= 0.3 is 0 Å².